The summed E-state index contributed by atoms with van der Waals surface area (Å²) in [4.78, 5) is 0.311. The van der Waals surface area contributed by atoms with Gasteiger partial charge in [0.2, 0.25) is 0 Å². The van der Waals surface area contributed by atoms with Gasteiger partial charge in [-0.2, -0.15) is 0 Å². The lowest BCUT2D eigenvalue weighted by atomic mass is 9.88. The molecule has 1 atom stereocenters. The van der Waals surface area contributed by atoms with E-state index in [1.165, 1.54) is 5.56 Å². The van der Waals surface area contributed by atoms with Crippen LogP contribution in [0.25, 0.3) is 11.0 Å². The van der Waals surface area contributed by atoms with Gasteiger partial charge in [-0.1, -0.05) is 24.6 Å². The van der Waals surface area contributed by atoms with Crippen LogP contribution in [-0.4, -0.2) is 8.42 Å². The minimum absolute atomic E-state index is 0.311. The Morgan fingerprint density at radius 3 is 2.69 bits per heavy atom. The predicted molar refractivity (Wildman–Crippen MR) is 104 cm³/mol. The Morgan fingerprint density at radius 1 is 1.12 bits per heavy atom. The van der Waals surface area contributed by atoms with Crippen molar-refractivity contribution >= 4 is 26.7 Å². The summed E-state index contributed by atoms with van der Waals surface area (Å²) in [5.74, 6) is 1.68. The molecule has 0 unspecified atom stereocenters. The molecule has 0 fully saturated rings. The smallest absolute Gasteiger partial charge is 0.262 e. The van der Waals surface area contributed by atoms with Gasteiger partial charge in [0.1, 0.15) is 11.3 Å². The first-order valence-corrected chi connectivity index (χ1v) is 10.5. The second kappa shape index (κ2) is 6.16. The molecule has 136 valence electrons. The number of sulfonamides is 1. The van der Waals surface area contributed by atoms with Crippen molar-refractivity contribution in [3.05, 3.63) is 58.8 Å². The zero-order valence-corrected chi connectivity index (χ0v) is 16.1. The van der Waals surface area contributed by atoms with E-state index in [4.69, 9.17) is 4.42 Å². The maximum absolute atomic E-state index is 12.8. The largest absolute Gasteiger partial charge is 0.461 e. The van der Waals surface area contributed by atoms with Crippen molar-refractivity contribution in [2.45, 2.75) is 44.9 Å². The molecular formula is C21H23NO3S. The molecule has 0 spiro atoms. The third-order valence-corrected chi connectivity index (χ3v) is 6.71. The lowest BCUT2D eigenvalue weighted by molar-refractivity contribution is 0.426. The van der Waals surface area contributed by atoms with E-state index >= 15 is 0 Å². The number of aryl methyl sites for hydroxylation is 3. The quantitative estimate of drug-likeness (QED) is 0.709. The molecule has 1 aliphatic rings. The number of nitrogens with one attached hydrogen (secondary N) is 1. The van der Waals surface area contributed by atoms with Crippen LogP contribution in [0.5, 0.6) is 0 Å². The summed E-state index contributed by atoms with van der Waals surface area (Å²) in [6.07, 6.45) is 3.07. The minimum Gasteiger partial charge on any atom is -0.461 e. The standard InChI is InChI=1S/C21H23NO3S/c1-13-5-9-21(15(3)10-13)26(23,24)22-16-6-8-19-18(12-16)17-7-4-14(2)11-20(17)25-19/h5-6,8-10,12,14,22H,4,7,11H2,1-3H3/t14-/m0/s1. The topological polar surface area (TPSA) is 59.3 Å². The molecule has 26 heavy (non-hydrogen) atoms. The van der Waals surface area contributed by atoms with E-state index in [9.17, 15) is 8.42 Å². The average molecular weight is 369 g/mol. The van der Waals surface area contributed by atoms with Crippen LogP contribution in [0.4, 0.5) is 5.69 Å². The normalized spacial score (nSPS) is 17.3. The third-order valence-electron chi connectivity index (χ3n) is 5.17. The summed E-state index contributed by atoms with van der Waals surface area (Å²) in [5, 5.41) is 1.02. The molecule has 0 radical (unpaired) electrons. The van der Waals surface area contributed by atoms with Gasteiger partial charge in [0.25, 0.3) is 10.0 Å². The molecule has 3 aromatic rings. The number of rotatable bonds is 3. The van der Waals surface area contributed by atoms with Crippen LogP contribution in [0.15, 0.2) is 45.7 Å². The van der Waals surface area contributed by atoms with Crippen LogP contribution >= 0.6 is 0 Å². The highest BCUT2D eigenvalue weighted by molar-refractivity contribution is 7.92. The third kappa shape index (κ3) is 3.01. The van der Waals surface area contributed by atoms with Crippen LogP contribution < -0.4 is 4.72 Å². The monoisotopic (exact) mass is 369 g/mol. The fraction of sp³-hybridized carbons (Fsp3) is 0.333. The van der Waals surface area contributed by atoms with Crippen molar-refractivity contribution in [1.29, 1.82) is 0 Å². The van der Waals surface area contributed by atoms with Gasteiger partial charge in [0.15, 0.2) is 0 Å². The van der Waals surface area contributed by atoms with Crippen LogP contribution in [-0.2, 0) is 22.9 Å². The summed E-state index contributed by atoms with van der Waals surface area (Å²) < 4.78 is 34.3. The first-order chi connectivity index (χ1) is 12.3. The highest BCUT2D eigenvalue weighted by Gasteiger charge is 2.23. The van der Waals surface area contributed by atoms with Gasteiger partial charge < -0.3 is 4.42 Å². The van der Waals surface area contributed by atoms with Crippen molar-refractivity contribution in [2.24, 2.45) is 5.92 Å². The number of benzene rings is 2. The number of hydrogen-bond donors (Lipinski definition) is 1. The fourth-order valence-electron chi connectivity index (χ4n) is 3.82. The van der Waals surface area contributed by atoms with Crippen LogP contribution in [0.2, 0.25) is 0 Å². The molecule has 1 heterocycles. The van der Waals surface area contributed by atoms with Gasteiger partial charge in [-0.3, -0.25) is 4.72 Å². The predicted octanol–water partition coefficient (Wildman–Crippen LogP) is 4.98. The summed E-state index contributed by atoms with van der Waals surface area (Å²) in [7, 11) is -3.62. The molecule has 0 saturated carbocycles. The molecule has 4 rings (SSSR count). The van der Waals surface area contributed by atoms with Crippen molar-refractivity contribution < 1.29 is 12.8 Å². The molecule has 1 N–H and O–H groups in total. The average Bonchev–Trinajstić information content (AvgIpc) is 2.90. The molecule has 0 bridgehead atoms. The second-order valence-electron chi connectivity index (χ2n) is 7.44. The first kappa shape index (κ1) is 17.2. The summed E-state index contributed by atoms with van der Waals surface area (Å²) in [6.45, 7) is 6.01. The highest BCUT2D eigenvalue weighted by atomic mass is 32.2. The zero-order chi connectivity index (χ0) is 18.5. The Kier molecular flexibility index (Phi) is 4.07. The molecule has 0 aliphatic heterocycles. The van der Waals surface area contributed by atoms with E-state index in [0.29, 0.717) is 16.5 Å². The van der Waals surface area contributed by atoms with Gasteiger partial charge in [0, 0.05) is 23.1 Å². The van der Waals surface area contributed by atoms with Crippen LogP contribution in [0, 0.1) is 19.8 Å². The Labute approximate surface area is 154 Å². The Balaban J connectivity index is 1.71. The number of hydrogen-bond acceptors (Lipinski definition) is 3. The lowest BCUT2D eigenvalue weighted by Gasteiger charge is -2.16. The summed E-state index contributed by atoms with van der Waals surface area (Å²) in [5.41, 5.74) is 4.42. The first-order valence-electron chi connectivity index (χ1n) is 8.98. The van der Waals surface area contributed by atoms with E-state index in [1.807, 2.05) is 38.1 Å². The molecule has 1 aromatic heterocycles. The molecular weight excluding hydrogens is 346 g/mol. The summed E-state index contributed by atoms with van der Waals surface area (Å²) in [6, 6.07) is 10.9. The van der Waals surface area contributed by atoms with Gasteiger partial charge in [-0.05, 0) is 62.4 Å². The van der Waals surface area contributed by atoms with Crippen molar-refractivity contribution in [1.82, 2.24) is 0 Å². The Bertz CT molecular complexity index is 1100. The zero-order valence-electron chi connectivity index (χ0n) is 15.3. The Morgan fingerprint density at radius 2 is 1.92 bits per heavy atom. The SMILES string of the molecule is Cc1ccc(S(=O)(=O)Nc2ccc3oc4c(c3c2)CC[C@H](C)C4)c(C)c1. The highest BCUT2D eigenvalue weighted by Crippen LogP contribution is 2.35. The van der Waals surface area contributed by atoms with Crippen molar-refractivity contribution in [3.63, 3.8) is 0 Å². The van der Waals surface area contributed by atoms with Crippen molar-refractivity contribution in [3.8, 4) is 0 Å². The van der Waals surface area contributed by atoms with E-state index < -0.39 is 10.0 Å². The van der Waals surface area contributed by atoms with Gasteiger partial charge >= 0.3 is 0 Å². The molecule has 2 aromatic carbocycles. The fourth-order valence-corrected chi connectivity index (χ4v) is 5.10. The van der Waals surface area contributed by atoms with Gasteiger partial charge in [-0.15, -0.1) is 0 Å². The van der Waals surface area contributed by atoms with E-state index in [-0.39, 0.29) is 0 Å². The molecule has 0 saturated heterocycles. The van der Waals surface area contributed by atoms with Crippen LogP contribution in [0.1, 0.15) is 35.8 Å². The van der Waals surface area contributed by atoms with E-state index in [1.54, 1.807) is 12.1 Å². The number of anilines is 1. The van der Waals surface area contributed by atoms with E-state index in [0.717, 1.165) is 47.1 Å². The molecule has 1 aliphatic carbocycles. The molecule has 4 nitrogen and oxygen atoms in total. The number of furan rings is 1. The van der Waals surface area contributed by atoms with Crippen LogP contribution in [0.3, 0.4) is 0 Å². The van der Waals surface area contributed by atoms with E-state index in [2.05, 4.69) is 11.6 Å². The minimum atomic E-state index is -3.62. The maximum Gasteiger partial charge on any atom is 0.262 e. The molecule has 5 heteroatoms. The number of fused-ring (bicyclic) bond motifs is 3. The maximum atomic E-state index is 12.8. The van der Waals surface area contributed by atoms with Gasteiger partial charge in [0.05, 0.1) is 4.90 Å². The Hall–Kier alpha value is -2.27. The lowest BCUT2D eigenvalue weighted by Crippen LogP contribution is -2.14. The van der Waals surface area contributed by atoms with Gasteiger partial charge in [-0.25, -0.2) is 8.42 Å². The molecule has 0 amide bonds. The van der Waals surface area contributed by atoms with Crippen molar-refractivity contribution in [2.75, 3.05) is 4.72 Å². The summed E-state index contributed by atoms with van der Waals surface area (Å²) >= 11 is 0. The second-order valence-corrected chi connectivity index (χ2v) is 9.09.